The Kier molecular flexibility index (Phi) is 7.23. The van der Waals surface area contributed by atoms with Crippen molar-refractivity contribution in [3.05, 3.63) is 51.6 Å². The predicted octanol–water partition coefficient (Wildman–Crippen LogP) is 3.30. The minimum absolute atomic E-state index is 0.0571. The molecule has 0 saturated heterocycles. The van der Waals surface area contributed by atoms with Crippen LogP contribution in [0.2, 0.25) is 0 Å². The molecule has 0 radical (unpaired) electrons. The standard InChI is InChI=1S/C23H34N6O2/c1-6-8-20(21-25-26-27-29(21)23(3,4)5)28(11-7-12-30)15-18-14-17-13-16(2)9-10-19(17)24-22(18)31/h9-10,13-14,20,30H,6-8,11-12,15H2,1-5H3,(H,24,31). The maximum Gasteiger partial charge on any atom is 0.252 e. The van der Waals surface area contributed by atoms with Crippen LogP contribution in [0.15, 0.2) is 29.1 Å². The van der Waals surface area contributed by atoms with Gasteiger partial charge in [-0.2, -0.15) is 0 Å². The number of hydrogen-bond donors (Lipinski definition) is 2. The Morgan fingerprint density at radius 3 is 2.71 bits per heavy atom. The number of H-pyrrole nitrogens is 1. The lowest BCUT2D eigenvalue weighted by Gasteiger charge is -2.32. The molecular formula is C23H34N6O2. The van der Waals surface area contributed by atoms with Crippen LogP contribution in [0, 0.1) is 6.92 Å². The average molecular weight is 427 g/mol. The number of hydrogen-bond acceptors (Lipinski definition) is 6. The molecule has 0 aliphatic carbocycles. The van der Waals surface area contributed by atoms with E-state index in [-0.39, 0.29) is 23.7 Å². The fourth-order valence-electron chi connectivity index (χ4n) is 3.95. The van der Waals surface area contributed by atoms with Crippen LogP contribution >= 0.6 is 0 Å². The molecule has 0 amide bonds. The normalized spacial score (nSPS) is 13.3. The van der Waals surface area contributed by atoms with Crippen LogP contribution in [0.5, 0.6) is 0 Å². The maximum absolute atomic E-state index is 12.8. The molecule has 3 aromatic rings. The number of aryl methyl sites for hydroxylation is 1. The molecule has 0 bridgehead atoms. The third-order valence-corrected chi connectivity index (χ3v) is 5.48. The third-order valence-electron chi connectivity index (χ3n) is 5.48. The fourth-order valence-corrected chi connectivity index (χ4v) is 3.95. The van der Waals surface area contributed by atoms with E-state index in [9.17, 15) is 9.90 Å². The molecule has 31 heavy (non-hydrogen) atoms. The van der Waals surface area contributed by atoms with Crippen molar-refractivity contribution in [2.75, 3.05) is 13.2 Å². The van der Waals surface area contributed by atoms with Gasteiger partial charge in [0.15, 0.2) is 5.82 Å². The molecule has 1 aromatic carbocycles. The van der Waals surface area contributed by atoms with E-state index < -0.39 is 0 Å². The topological polar surface area (TPSA) is 99.9 Å². The van der Waals surface area contributed by atoms with E-state index in [0.717, 1.165) is 35.1 Å². The van der Waals surface area contributed by atoms with Gasteiger partial charge in [0.2, 0.25) is 0 Å². The lowest BCUT2D eigenvalue weighted by molar-refractivity contribution is 0.142. The monoisotopic (exact) mass is 426 g/mol. The Morgan fingerprint density at radius 1 is 1.26 bits per heavy atom. The van der Waals surface area contributed by atoms with Gasteiger partial charge < -0.3 is 10.1 Å². The van der Waals surface area contributed by atoms with E-state index in [1.165, 1.54) is 0 Å². The summed E-state index contributed by atoms with van der Waals surface area (Å²) in [4.78, 5) is 18.1. The van der Waals surface area contributed by atoms with Gasteiger partial charge in [0.25, 0.3) is 5.56 Å². The van der Waals surface area contributed by atoms with Crippen molar-refractivity contribution in [2.24, 2.45) is 0 Å². The molecule has 1 unspecified atom stereocenters. The quantitative estimate of drug-likeness (QED) is 0.545. The highest BCUT2D eigenvalue weighted by Gasteiger charge is 2.30. The highest BCUT2D eigenvalue weighted by molar-refractivity contribution is 5.79. The van der Waals surface area contributed by atoms with E-state index >= 15 is 0 Å². The Bertz CT molecular complexity index is 1070. The minimum atomic E-state index is -0.259. The molecular weight excluding hydrogens is 392 g/mol. The van der Waals surface area contributed by atoms with Crippen molar-refractivity contribution in [1.29, 1.82) is 0 Å². The van der Waals surface area contributed by atoms with Gasteiger partial charge in [0, 0.05) is 30.8 Å². The highest BCUT2D eigenvalue weighted by Crippen LogP contribution is 2.28. The molecule has 8 nitrogen and oxygen atoms in total. The summed E-state index contributed by atoms with van der Waals surface area (Å²) in [6.07, 6.45) is 2.42. The van der Waals surface area contributed by atoms with E-state index in [2.05, 4.69) is 59.2 Å². The zero-order chi connectivity index (χ0) is 22.6. The maximum atomic E-state index is 12.8. The van der Waals surface area contributed by atoms with Crippen molar-refractivity contribution >= 4 is 10.9 Å². The fraction of sp³-hybridized carbons (Fsp3) is 0.565. The summed E-state index contributed by atoms with van der Waals surface area (Å²) < 4.78 is 1.87. The Hall–Kier alpha value is -2.58. The molecule has 2 N–H and O–H groups in total. The molecule has 0 aliphatic rings. The molecule has 0 spiro atoms. The first kappa shape index (κ1) is 23.1. The number of aromatic amines is 1. The predicted molar refractivity (Wildman–Crippen MR) is 122 cm³/mol. The zero-order valence-electron chi connectivity index (χ0n) is 19.2. The molecule has 0 aliphatic heterocycles. The third kappa shape index (κ3) is 5.37. The smallest absolute Gasteiger partial charge is 0.252 e. The SMILES string of the molecule is CCCC(c1nnnn1C(C)(C)C)N(CCCO)Cc1cc2cc(C)ccc2[nH]c1=O. The minimum Gasteiger partial charge on any atom is -0.396 e. The molecule has 2 aromatic heterocycles. The Morgan fingerprint density at radius 2 is 2.03 bits per heavy atom. The van der Waals surface area contributed by atoms with E-state index in [1.807, 2.05) is 29.8 Å². The van der Waals surface area contributed by atoms with Crippen LogP contribution in [-0.4, -0.2) is 48.3 Å². The Labute approximate surface area is 183 Å². The molecule has 8 heteroatoms. The van der Waals surface area contributed by atoms with Crippen LogP contribution < -0.4 is 5.56 Å². The highest BCUT2D eigenvalue weighted by atomic mass is 16.3. The summed E-state index contributed by atoms with van der Waals surface area (Å²) in [6, 6.07) is 7.93. The van der Waals surface area contributed by atoms with Crippen molar-refractivity contribution in [3.8, 4) is 0 Å². The van der Waals surface area contributed by atoms with Gasteiger partial charge in [-0.3, -0.25) is 9.69 Å². The van der Waals surface area contributed by atoms with Gasteiger partial charge in [-0.25, -0.2) is 4.68 Å². The van der Waals surface area contributed by atoms with Crippen molar-refractivity contribution in [2.45, 2.75) is 72.0 Å². The first-order valence-electron chi connectivity index (χ1n) is 11.0. The first-order valence-corrected chi connectivity index (χ1v) is 11.0. The largest absolute Gasteiger partial charge is 0.396 e. The van der Waals surface area contributed by atoms with E-state index in [1.54, 1.807) is 0 Å². The second-order valence-electron chi connectivity index (χ2n) is 9.19. The molecule has 0 saturated carbocycles. The summed E-state index contributed by atoms with van der Waals surface area (Å²) in [7, 11) is 0. The number of aliphatic hydroxyl groups excluding tert-OH is 1. The van der Waals surface area contributed by atoms with Crippen LogP contribution in [0.3, 0.4) is 0 Å². The summed E-state index contributed by atoms with van der Waals surface area (Å²) in [5.74, 6) is 0.792. The number of pyridine rings is 1. The molecule has 1 atom stereocenters. The van der Waals surface area contributed by atoms with Crippen LogP contribution in [0.25, 0.3) is 10.9 Å². The summed E-state index contributed by atoms with van der Waals surface area (Å²) >= 11 is 0. The van der Waals surface area contributed by atoms with Crippen molar-refractivity contribution in [3.63, 3.8) is 0 Å². The van der Waals surface area contributed by atoms with E-state index in [4.69, 9.17) is 0 Å². The number of nitrogens with one attached hydrogen (secondary N) is 1. The summed E-state index contributed by atoms with van der Waals surface area (Å²) in [6.45, 7) is 11.6. The summed E-state index contributed by atoms with van der Waals surface area (Å²) in [5.41, 5.74) is 2.34. The van der Waals surface area contributed by atoms with Gasteiger partial charge in [0.1, 0.15) is 0 Å². The van der Waals surface area contributed by atoms with Gasteiger partial charge in [-0.15, -0.1) is 5.10 Å². The van der Waals surface area contributed by atoms with Crippen LogP contribution in [0.4, 0.5) is 0 Å². The van der Waals surface area contributed by atoms with Crippen molar-refractivity contribution in [1.82, 2.24) is 30.1 Å². The number of fused-ring (bicyclic) bond motifs is 1. The number of aliphatic hydroxyl groups is 1. The lowest BCUT2D eigenvalue weighted by atomic mass is 10.0. The zero-order valence-corrected chi connectivity index (χ0v) is 19.2. The Balaban J connectivity index is 2.02. The average Bonchev–Trinajstić information content (AvgIpc) is 3.20. The number of nitrogens with zero attached hydrogens (tertiary/aromatic N) is 5. The van der Waals surface area contributed by atoms with Crippen LogP contribution in [-0.2, 0) is 12.1 Å². The second kappa shape index (κ2) is 9.70. The number of benzene rings is 1. The molecule has 168 valence electrons. The lowest BCUT2D eigenvalue weighted by Crippen LogP contribution is -2.36. The number of aromatic nitrogens is 5. The van der Waals surface area contributed by atoms with E-state index in [0.29, 0.717) is 25.1 Å². The van der Waals surface area contributed by atoms with Gasteiger partial charge in [-0.1, -0.05) is 25.0 Å². The molecule has 3 rings (SSSR count). The molecule has 2 heterocycles. The van der Waals surface area contributed by atoms with Gasteiger partial charge >= 0.3 is 0 Å². The van der Waals surface area contributed by atoms with Gasteiger partial charge in [-0.05, 0) is 74.5 Å². The molecule has 0 fully saturated rings. The summed E-state index contributed by atoms with van der Waals surface area (Å²) in [5, 5.41) is 23.1. The number of tetrazole rings is 1. The first-order chi connectivity index (χ1) is 14.7. The van der Waals surface area contributed by atoms with Crippen molar-refractivity contribution < 1.29 is 5.11 Å². The number of rotatable bonds is 9. The van der Waals surface area contributed by atoms with Gasteiger partial charge in [0.05, 0.1) is 11.6 Å². The van der Waals surface area contributed by atoms with Crippen LogP contribution in [0.1, 0.15) is 70.0 Å². The second-order valence-corrected chi connectivity index (χ2v) is 9.19.